The van der Waals surface area contributed by atoms with Gasteiger partial charge in [-0.05, 0) is 242 Å². The number of ketones is 2. The number of alkyl halides is 1. The van der Waals surface area contributed by atoms with Gasteiger partial charge in [-0.2, -0.15) is 5.01 Å². The minimum atomic E-state index is -3.22. The fraction of sp³-hybridized carbons (Fsp3) is 0.388. The van der Waals surface area contributed by atoms with Crippen LogP contribution in [0.4, 0.5) is 33.2 Å². The number of rotatable bonds is 5. The number of amides is 7. The zero-order valence-electron chi connectivity index (χ0n) is 69.7. The first-order valence-corrected chi connectivity index (χ1v) is 50.1. The first-order valence-electron chi connectivity index (χ1n) is 38.2. The summed E-state index contributed by atoms with van der Waals surface area (Å²) in [6.45, 7) is 0. The molecule has 0 aromatic heterocycles. The third-order valence-corrected chi connectivity index (χ3v) is 27.3. The predicted octanol–water partition coefficient (Wildman–Crippen LogP) is 10.2. The summed E-state index contributed by atoms with van der Waals surface area (Å²) in [5, 5.41) is 2.70. The van der Waals surface area contributed by atoms with E-state index in [0.717, 1.165) is 149 Å². The number of anilines is 5. The van der Waals surface area contributed by atoms with Crippen molar-refractivity contribution in [1.82, 2.24) is 5.01 Å². The monoisotopic (exact) mass is 2000 g/mol. The van der Waals surface area contributed by atoms with Crippen LogP contribution in [0.15, 0.2) is 173 Å². The Balaban J connectivity index is 0.000000215. The van der Waals surface area contributed by atoms with Gasteiger partial charge in [-0.25, -0.2) is 38.5 Å². The Kier molecular flexibility index (Phi) is 38.8. The van der Waals surface area contributed by atoms with Crippen LogP contribution in [0, 0.1) is 10.8 Å². The molecule has 5 heterocycles. The summed E-state index contributed by atoms with van der Waals surface area (Å²) in [6.07, 6.45) is 24.3. The molecule has 7 amide bonds. The van der Waals surface area contributed by atoms with Gasteiger partial charge in [0.25, 0.3) is 0 Å². The summed E-state index contributed by atoms with van der Waals surface area (Å²) < 4.78 is 112. The number of benzene rings is 7. The molecule has 4 unspecified atom stereocenters. The molecule has 8 aliphatic rings. The van der Waals surface area contributed by atoms with E-state index in [1.807, 2.05) is 31.3 Å². The summed E-state index contributed by atoms with van der Waals surface area (Å²) in [5.41, 5.74) is 18.8. The fourth-order valence-corrected chi connectivity index (χ4v) is 18.2. The van der Waals surface area contributed by atoms with Crippen molar-refractivity contribution in [3.63, 3.8) is 0 Å². The summed E-state index contributed by atoms with van der Waals surface area (Å²) in [4.78, 5) is 110. The van der Waals surface area contributed by atoms with Gasteiger partial charge in [0, 0.05) is 150 Å². The van der Waals surface area contributed by atoms with Crippen LogP contribution in [0.2, 0.25) is 0 Å². The molecule has 3 aliphatic carbocycles. The molecule has 7 aromatic rings. The second-order valence-corrected chi connectivity index (χ2v) is 42.1. The van der Waals surface area contributed by atoms with Crippen molar-refractivity contribution in [2.24, 2.45) is 16.9 Å². The van der Waals surface area contributed by atoms with Gasteiger partial charge in [-0.1, -0.05) is 108 Å². The molecule has 0 radical (unpaired) electrons. The van der Waals surface area contributed by atoms with Crippen molar-refractivity contribution in [2.75, 3.05) is 98.1 Å². The first-order chi connectivity index (χ1) is 56.2. The molecule has 27 nitrogen and oxygen atoms in total. The van der Waals surface area contributed by atoms with Gasteiger partial charge in [-0.3, -0.25) is 37.8 Å². The Labute approximate surface area is 764 Å². The number of hydrogen-bond acceptors (Lipinski definition) is 20. The van der Waals surface area contributed by atoms with Crippen LogP contribution in [-0.2, 0) is 129 Å². The van der Waals surface area contributed by atoms with E-state index in [9.17, 15) is 76.9 Å². The molecule has 4 atom stereocenters. The number of hydrogen-bond donors (Lipinski definition) is 1. The van der Waals surface area contributed by atoms with E-state index < -0.39 is 56.5 Å². The van der Waals surface area contributed by atoms with Crippen molar-refractivity contribution in [3.05, 3.63) is 203 Å². The van der Waals surface area contributed by atoms with E-state index in [4.69, 9.17) is 8.76 Å². The second kappa shape index (κ2) is 45.9. The maximum Gasteiger partial charge on any atom is 1.00 e. The molecule has 5 aliphatic heterocycles. The number of nitroso groups, excluding NO2 is 1. The van der Waals surface area contributed by atoms with Crippen LogP contribution < -0.4 is 59.8 Å². The average molecular weight is 2010 g/mol. The van der Waals surface area contributed by atoms with Gasteiger partial charge < -0.3 is 34.8 Å². The van der Waals surface area contributed by atoms with Crippen molar-refractivity contribution >= 4 is 187 Å². The van der Waals surface area contributed by atoms with Crippen LogP contribution in [0.1, 0.15) is 133 Å². The molecule has 646 valence electrons. The normalized spacial score (nSPS) is 17.8. The number of carbonyl (C=O) groups is 8. The number of primary amides is 1. The maximum atomic E-state index is 12.0. The molecule has 1 saturated carbocycles. The number of nitrogens with zero attached hydrogens (tertiary/aromatic N) is 7. The maximum absolute atomic E-state index is 12.0. The molecular weight excluding hydrogens is 1910 g/mol. The van der Waals surface area contributed by atoms with E-state index in [0.29, 0.717) is 81.6 Å². The van der Waals surface area contributed by atoms with E-state index in [1.54, 1.807) is 132 Å². The first kappa shape index (κ1) is 102. The summed E-state index contributed by atoms with van der Waals surface area (Å²) >= 11 is 7.17. The molecule has 7 aromatic carbocycles. The molecule has 15 rings (SSSR count). The zero-order chi connectivity index (χ0) is 89.1. The number of carbonyl (C=O) groups excluding carboxylic acids is 8. The third kappa shape index (κ3) is 30.4. The molecule has 0 spiro atoms. The number of nitrogens with two attached hydrogens (primary N) is 1. The molecular formula is C85H100Br2IN8NaO19S5. The van der Waals surface area contributed by atoms with E-state index in [2.05, 4.69) is 102 Å². The van der Waals surface area contributed by atoms with Gasteiger partial charge in [0.2, 0.25) is 29.5 Å². The zero-order valence-corrected chi connectivity index (χ0v) is 81.1. The molecule has 36 heteroatoms. The molecule has 2 N–H and O–H groups in total. The fourth-order valence-electron chi connectivity index (χ4n) is 14.0. The summed E-state index contributed by atoms with van der Waals surface area (Å²) in [7, 11) is -2.85. The Morgan fingerprint density at radius 3 is 1.38 bits per heavy atom. The van der Waals surface area contributed by atoms with Crippen molar-refractivity contribution in [2.45, 2.75) is 151 Å². The Morgan fingerprint density at radius 1 is 0.496 bits per heavy atom. The molecule has 0 saturated heterocycles. The van der Waals surface area contributed by atoms with Crippen LogP contribution in [0.3, 0.4) is 0 Å². The van der Waals surface area contributed by atoms with E-state index >= 15 is 0 Å². The number of urea groups is 1. The standard InChI is InChI=1S/C13H15NO3S.C12H14INO3S.C12H15NO3S.C12H13NO3S.C11H12BrNO.C11H11BrO.C11H12O.C2H5N3O2.CH4O2S.Na/c1-14-12-4-3-9(18(2,16)17)7-11(12)10-5-8(10)6-13(14)15;1-14-11-6-4-9(18(2,16)17)7-8(11)3-5-10(13)12(14)15;2*1-13-11-7-6-10(17(2,15)16)8-9(11)4-3-5-12(13)14;1-13-10-6-5-9(12)7-8(10)3-2-4-11(13)14;12-10-5-4-9-7-11(13)3-1-2-8(9)6-10;12-11-7-3-6-9-4-1-2-5-10(9)8-11;1-5(4-7)2(3)6;1-4(2)3;/h3-4,7-8,10H,5-6H2,1-2H3;4,6-7,10H,3,5H2,1-2H3;6-8H,3-5H2,1-2H3;3-4,6-8H,5H2,1-2H3;5-7H,2-4H2,1H3;4-6H,1-3,7H2;1-2,4-5H,3,6-8H2;1H3,(H2,3,6);1H3,(H,2,3);/q;;;;;;;;;+1/p-1. The van der Waals surface area contributed by atoms with Crippen LogP contribution in [-0.4, -0.2) is 172 Å². The molecule has 121 heavy (non-hydrogen) atoms. The van der Waals surface area contributed by atoms with Crippen LogP contribution in [0.25, 0.3) is 6.08 Å². The summed E-state index contributed by atoms with van der Waals surface area (Å²) in [5.74, 6) is 2.00. The van der Waals surface area contributed by atoms with Crippen LogP contribution >= 0.6 is 54.5 Å². The minimum absolute atomic E-state index is 0. The number of aryl methyl sites for hydroxylation is 5. The SMILES string of the molecule is CN(N=O)C(N)=O.CN1C(=O)C(I)CCc2cc(S(C)(=O)=O)ccc21.CN1C(=O)CC2CC2c2cc(S(C)(=O)=O)ccc21.CN1C(=O)CC=Cc2cc(S(C)(=O)=O)ccc21.CN1C(=O)CCCc2cc(Br)ccc21.CN1C(=O)CCCc2cc(S(C)(=O)=O)ccc21.CS(=O)[O-].O=C1CCCc2cc(Br)ccc2C1.O=C1CCCc2ccccc2C1.[Na+]. The largest absolute Gasteiger partial charge is 1.00 e. The topological polar surface area (TPSA) is 388 Å². The quantitative estimate of drug-likeness (QED) is 0.0318. The summed E-state index contributed by atoms with van der Waals surface area (Å²) in [6, 6.07) is 39.5. The van der Waals surface area contributed by atoms with E-state index in [-0.39, 0.29) is 67.9 Å². The number of Topliss-reactive ketones (excluding diaryl/α,β-unsaturated/α-hetero) is 2. The van der Waals surface area contributed by atoms with E-state index in [1.165, 1.54) is 66.0 Å². The van der Waals surface area contributed by atoms with Gasteiger partial charge in [-0.15, -0.1) is 4.91 Å². The Bertz CT molecular complexity index is 5580. The number of fused-ring (bicyclic) bond motifs is 9. The van der Waals surface area contributed by atoms with Gasteiger partial charge >= 0.3 is 35.6 Å². The average Bonchev–Trinajstić information content (AvgIpc) is 1.60. The van der Waals surface area contributed by atoms with Gasteiger partial charge in [0.15, 0.2) is 39.3 Å². The van der Waals surface area contributed by atoms with Crippen molar-refractivity contribution in [1.29, 1.82) is 0 Å². The number of sulfone groups is 4. The minimum Gasteiger partial charge on any atom is -0.773 e. The Morgan fingerprint density at radius 2 is 0.884 bits per heavy atom. The van der Waals surface area contributed by atoms with Crippen molar-refractivity contribution < 1.29 is 110 Å². The van der Waals surface area contributed by atoms with Gasteiger partial charge in [0.05, 0.1) is 34.5 Å². The Hall–Kier alpha value is -7.56. The van der Waals surface area contributed by atoms with Crippen LogP contribution in [0.5, 0.6) is 0 Å². The van der Waals surface area contributed by atoms with Gasteiger partial charge in [0.1, 0.15) is 11.6 Å². The third-order valence-electron chi connectivity index (χ3n) is 20.8. The van der Waals surface area contributed by atoms with Crippen molar-refractivity contribution in [3.8, 4) is 0 Å². The second-order valence-electron chi connectivity index (χ2n) is 29.9. The number of halogens is 3. The molecule has 0 bridgehead atoms. The smallest absolute Gasteiger partial charge is 0.773 e. The molecule has 1 fully saturated rings. The predicted molar refractivity (Wildman–Crippen MR) is 482 cm³/mol.